The van der Waals surface area contributed by atoms with Gasteiger partial charge in [-0.2, -0.15) is 0 Å². The number of ether oxygens (including phenoxy) is 2. The van der Waals surface area contributed by atoms with Gasteiger partial charge in [0.2, 0.25) is 0 Å². The van der Waals surface area contributed by atoms with Crippen LogP contribution < -0.4 is 5.32 Å². The van der Waals surface area contributed by atoms with E-state index in [4.69, 9.17) is 9.47 Å². The molecule has 0 spiro atoms. The maximum Gasteiger partial charge on any atom is 0.0964 e. The summed E-state index contributed by atoms with van der Waals surface area (Å²) in [4.78, 5) is 0. The lowest BCUT2D eigenvalue weighted by molar-refractivity contribution is 0.0441. The highest BCUT2D eigenvalue weighted by molar-refractivity contribution is 4.91. The number of hydrogen-bond acceptors (Lipinski definition) is 5. The fourth-order valence-corrected chi connectivity index (χ4v) is 1.64. The van der Waals surface area contributed by atoms with Crippen LogP contribution in [-0.4, -0.2) is 48.0 Å². The van der Waals surface area contributed by atoms with Crippen LogP contribution >= 0.6 is 0 Å². The molecule has 20 heavy (non-hydrogen) atoms. The third-order valence-electron chi connectivity index (χ3n) is 2.63. The minimum Gasteiger partial charge on any atom is -0.379 e. The molecule has 1 aromatic rings. The molecule has 6 heteroatoms. The van der Waals surface area contributed by atoms with Crippen molar-refractivity contribution in [3.63, 3.8) is 0 Å². The van der Waals surface area contributed by atoms with Gasteiger partial charge in [-0.05, 0) is 18.9 Å². The molecule has 0 bridgehead atoms. The zero-order valence-electron chi connectivity index (χ0n) is 13.0. The van der Waals surface area contributed by atoms with Crippen LogP contribution in [0.4, 0.5) is 0 Å². The molecule has 1 N–H and O–H groups in total. The Labute approximate surface area is 121 Å². The average Bonchev–Trinajstić information content (AvgIpc) is 2.85. The van der Waals surface area contributed by atoms with Crippen LogP contribution in [0.1, 0.15) is 32.9 Å². The number of nitrogens with zero attached hydrogens (tertiary/aromatic N) is 3. The smallest absolute Gasteiger partial charge is 0.0964 e. The van der Waals surface area contributed by atoms with E-state index < -0.39 is 0 Å². The van der Waals surface area contributed by atoms with Crippen LogP contribution in [0.3, 0.4) is 0 Å². The number of rotatable bonds is 12. The van der Waals surface area contributed by atoms with E-state index >= 15 is 0 Å². The van der Waals surface area contributed by atoms with Gasteiger partial charge in [0.1, 0.15) is 0 Å². The summed E-state index contributed by atoms with van der Waals surface area (Å²) in [6, 6.07) is 0. The normalized spacial score (nSPS) is 11.4. The summed E-state index contributed by atoms with van der Waals surface area (Å²) in [6.45, 7) is 11.7. The summed E-state index contributed by atoms with van der Waals surface area (Å²) in [7, 11) is 0. The quantitative estimate of drug-likeness (QED) is 0.589. The van der Waals surface area contributed by atoms with Crippen molar-refractivity contribution in [1.82, 2.24) is 20.3 Å². The molecule has 0 saturated carbocycles. The van der Waals surface area contributed by atoms with Gasteiger partial charge in [0.25, 0.3) is 0 Å². The van der Waals surface area contributed by atoms with Gasteiger partial charge in [0, 0.05) is 19.3 Å². The van der Waals surface area contributed by atoms with Crippen molar-refractivity contribution in [2.24, 2.45) is 5.92 Å². The minimum atomic E-state index is 0.636. The maximum atomic E-state index is 5.48. The molecular formula is C14H28N4O2. The Balaban J connectivity index is 2.05. The van der Waals surface area contributed by atoms with Gasteiger partial charge in [0.15, 0.2) is 0 Å². The van der Waals surface area contributed by atoms with Crippen molar-refractivity contribution < 1.29 is 9.47 Å². The Morgan fingerprint density at radius 1 is 1.20 bits per heavy atom. The summed E-state index contributed by atoms with van der Waals surface area (Å²) in [5.74, 6) is 0.647. The Bertz CT molecular complexity index is 342. The monoisotopic (exact) mass is 284 g/mol. The van der Waals surface area contributed by atoms with E-state index in [0.717, 1.165) is 38.4 Å². The van der Waals surface area contributed by atoms with Crippen molar-refractivity contribution in [1.29, 1.82) is 0 Å². The molecule has 0 aliphatic heterocycles. The van der Waals surface area contributed by atoms with Crippen LogP contribution in [0.2, 0.25) is 0 Å². The molecule has 1 heterocycles. The molecule has 0 aliphatic carbocycles. The summed E-state index contributed by atoms with van der Waals surface area (Å²) < 4.78 is 12.6. The molecule has 0 aliphatic rings. The van der Waals surface area contributed by atoms with Gasteiger partial charge in [-0.3, -0.25) is 0 Å². The van der Waals surface area contributed by atoms with Gasteiger partial charge in [0.05, 0.1) is 32.1 Å². The molecule has 1 rings (SSSR count). The van der Waals surface area contributed by atoms with Gasteiger partial charge in [-0.15, -0.1) is 5.10 Å². The van der Waals surface area contributed by atoms with Gasteiger partial charge < -0.3 is 14.8 Å². The highest BCUT2D eigenvalue weighted by Crippen LogP contribution is 1.95. The predicted molar refractivity (Wildman–Crippen MR) is 78.5 cm³/mol. The average molecular weight is 284 g/mol. The Morgan fingerprint density at radius 2 is 1.95 bits per heavy atom. The molecule has 6 nitrogen and oxygen atoms in total. The van der Waals surface area contributed by atoms with E-state index in [-0.39, 0.29) is 0 Å². The van der Waals surface area contributed by atoms with Crippen molar-refractivity contribution in [3.8, 4) is 0 Å². The molecule has 0 atom stereocenters. The van der Waals surface area contributed by atoms with Crippen molar-refractivity contribution in [2.45, 2.75) is 40.3 Å². The lowest BCUT2D eigenvalue weighted by Crippen LogP contribution is -2.19. The van der Waals surface area contributed by atoms with Crippen LogP contribution in [0.25, 0.3) is 0 Å². The molecule has 0 unspecified atom stereocenters. The van der Waals surface area contributed by atoms with Gasteiger partial charge in [-0.25, -0.2) is 4.68 Å². The summed E-state index contributed by atoms with van der Waals surface area (Å²) in [6.07, 6.45) is 3.01. The van der Waals surface area contributed by atoms with E-state index in [9.17, 15) is 0 Å². The van der Waals surface area contributed by atoms with Gasteiger partial charge in [-0.1, -0.05) is 26.0 Å². The van der Waals surface area contributed by atoms with Crippen LogP contribution in [0.15, 0.2) is 6.20 Å². The molecule has 0 saturated heterocycles. The summed E-state index contributed by atoms with van der Waals surface area (Å²) in [5, 5.41) is 11.5. The fraction of sp³-hybridized carbons (Fsp3) is 0.857. The molecule has 0 fully saturated rings. The third-order valence-corrected chi connectivity index (χ3v) is 2.63. The second kappa shape index (κ2) is 10.8. The van der Waals surface area contributed by atoms with Crippen molar-refractivity contribution >= 4 is 0 Å². The highest BCUT2D eigenvalue weighted by atomic mass is 16.5. The largest absolute Gasteiger partial charge is 0.379 e. The molecular weight excluding hydrogens is 256 g/mol. The summed E-state index contributed by atoms with van der Waals surface area (Å²) in [5.41, 5.74) is 0.969. The van der Waals surface area contributed by atoms with E-state index in [1.54, 1.807) is 0 Å². The maximum absolute atomic E-state index is 5.48. The number of nitrogens with one attached hydrogen (secondary N) is 1. The van der Waals surface area contributed by atoms with Crippen molar-refractivity contribution in [2.75, 3.05) is 33.0 Å². The number of hydrogen-bond donors (Lipinski definition) is 1. The molecule has 0 aromatic carbocycles. The first kappa shape index (κ1) is 17.1. The molecule has 116 valence electrons. The van der Waals surface area contributed by atoms with E-state index in [0.29, 0.717) is 25.7 Å². The Morgan fingerprint density at radius 3 is 2.65 bits per heavy atom. The second-order valence-electron chi connectivity index (χ2n) is 5.22. The predicted octanol–water partition coefficient (Wildman–Crippen LogP) is 1.47. The minimum absolute atomic E-state index is 0.636. The van der Waals surface area contributed by atoms with E-state index in [1.165, 1.54) is 0 Å². The van der Waals surface area contributed by atoms with Gasteiger partial charge >= 0.3 is 0 Å². The standard InChI is InChI=1S/C14H28N4O2/c1-4-6-19-8-9-20-7-5-18-12-14(16-17-18)11-15-10-13(2)3/h12-13,15H,4-11H2,1-3H3. The third kappa shape index (κ3) is 8.24. The number of aromatic nitrogens is 3. The Kier molecular flexibility index (Phi) is 9.19. The van der Waals surface area contributed by atoms with E-state index in [2.05, 4.69) is 36.4 Å². The van der Waals surface area contributed by atoms with E-state index in [1.807, 2.05) is 10.9 Å². The molecule has 1 aromatic heterocycles. The first-order valence-corrected chi connectivity index (χ1v) is 7.47. The zero-order chi connectivity index (χ0) is 14.6. The highest BCUT2D eigenvalue weighted by Gasteiger charge is 2.01. The topological polar surface area (TPSA) is 61.2 Å². The zero-order valence-corrected chi connectivity index (χ0v) is 13.0. The first-order chi connectivity index (χ1) is 9.72. The lowest BCUT2D eigenvalue weighted by Gasteiger charge is -2.05. The Hall–Kier alpha value is -0.980. The fourth-order valence-electron chi connectivity index (χ4n) is 1.64. The van der Waals surface area contributed by atoms with Crippen LogP contribution in [-0.2, 0) is 22.6 Å². The lowest BCUT2D eigenvalue weighted by atomic mass is 10.2. The summed E-state index contributed by atoms with van der Waals surface area (Å²) >= 11 is 0. The SMILES string of the molecule is CCCOCCOCCn1cc(CNCC(C)C)nn1. The second-order valence-corrected chi connectivity index (χ2v) is 5.22. The van der Waals surface area contributed by atoms with Crippen molar-refractivity contribution in [3.05, 3.63) is 11.9 Å². The molecule has 0 amide bonds. The van der Waals surface area contributed by atoms with Crippen LogP contribution in [0, 0.1) is 5.92 Å². The van der Waals surface area contributed by atoms with Crippen LogP contribution in [0.5, 0.6) is 0 Å². The first-order valence-electron chi connectivity index (χ1n) is 7.47. The molecule has 0 radical (unpaired) electrons.